The summed E-state index contributed by atoms with van der Waals surface area (Å²) in [5.41, 5.74) is 1.80. The molecule has 2 heterocycles. The molecule has 8 nitrogen and oxygen atoms in total. The fourth-order valence-electron chi connectivity index (χ4n) is 4.13. The van der Waals surface area contributed by atoms with E-state index in [1.165, 1.54) is 11.8 Å². The van der Waals surface area contributed by atoms with Crippen molar-refractivity contribution < 1.29 is 19.0 Å². The molecule has 10 heteroatoms. The van der Waals surface area contributed by atoms with Gasteiger partial charge < -0.3 is 18.8 Å². The van der Waals surface area contributed by atoms with Crippen LogP contribution in [0.15, 0.2) is 87.7 Å². The summed E-state index contributed by atoms with van der Waals surface area (Å²) in [6, 6.07) is 23.4. The Morgan fingerprint density at radius 3 is 2.34 bits per heavy atom. The molecule has 0 radical (unpaired) electrons. The van der Waals surface area contributed by atoms with Crippen molar-refractivity contribution in [2.45, 2.75) is 34.5 Å². The van der Waals surface area contributed by atoms with Crippen molar-refractivity contribution in [3.05, 3.63) is 78.6 Å². The minimum Gasteiger partial charge on any atom is -0.497 e. The van der Waals surface area contributed by atoms with E-state index in [0.717, 1.165) is 33.3 Å². The number of para-hydroxylation sites is 2. The Morgan fingerprint density at radius 2 is 1.63 bits per heavy atom. The first-order valence-electron chi connectivity index (χ1n) is 12.2. The summed E-state index contributed by atoms with van der Waals surface area (Å²) in [7, 11) is 3.30. The van der Waals surface area contributed by atoms with Crippen molar-refractivity contribution >= 4 is 40.8 Å². The number of rotatable bonds is 11. The van der Waals surface area contributed by atoms with Crippen LogP contribution in [0.25, 0.3) is 0 Å². The van der Waals surface area contributed by atoms with Gasteiger partial charge in [-0.05, 0) is 42.8 Å². The second-order valence-corrected chi connectivity index (χ2v) is 10.4. The molecule has 1 aliphatic rings. The Kier molecular flexibility index (Phi) is 8.52. The molecule has 0 aliphatic carbocycles. The van der Waals surface area contributed by atoms with Gasteiger partial charge in [-0.15, -0.1) is 10.2 Å². The summed E-state index contributed by atoms with van der Waals surface area (Å²) in [6.45, 7) is 1.50. The van der Waals surface area contributed by atoms with Crippen LogP contribution in [0.5, 0.6) is 11.5 Å². The molecule has 3 aromatic carbocycles. The molecule has 0 saturated heterocycles. The van der Waals surface area contributed by atoms with Crippen LogP contribution in [0.1, 0.15) is 12.2 Å². The molecule has 0 unspecified atom stereocenters. The van der Waals surface area contributed by atoms with Gasteiger partial charge in [0.2, 0.25) is 5.91 Å². The number of methoxy groups -OCH3 is 2. The zero-order valence-corrected chi connectivity index (χ0v) is 22.8. The van der Waals surface area contributed by atoms with Crippen LogP contribution in [-0.4, -0.2) is 47.3 Å². The average molecular weight is 549 g/mol. The largest absolute Gasteiger partial charge is 0.497 e. The van der Waals surface area contributed by atoms with Gasteiger partial charge in [0.1, 0.15) is 18.1 Å². The maximum absolute atomic E-state index is 13.6. The SMILES string of the molecule is COCCCn1c(COc2cccc(OC)c2)nnc1SCC(=O)N1c2ccccc2Sc2ccccc21. The molecule has 1 amide bonds. The van der Waals surface area contributed by atoms with Gasteiger partial charge >= 0.3 is 0 Å². The van der Waals surface area contributed by atoms with Gasteiger partial charge in [0.15, 0.2) is 11.0 Å². The highest BCUT2D eigenvalue weighted by Gasteiger charge is 2.28. The van der Waals surface area contributed by atoms with E-state index < -0.39 is 0 Å². The number of hydrogen-bond donors (Lipinski definition) is 0. The van der Waals surface area contributed by atoms with Crippen LogP contribution in [-0.2, 0) is 22.7 Å². The maximum Gasteiger partial charge on any atom is 0.242 e. The molecule has 0 atom stereocenters. The van der Waals surface area contributed by atoms with Crippen LogP contribution >= 0.6 is 23.5 Å². The molecular weight excluding hydrogens is 520 g/mol. The monoisotopic (exact) mass is 548 g/mol. The van der Waals surface area contributed by atoms with Crippen LogP contribution in [0.3, 0.4) is 0 Å². The second-order valence-electron chi connectivity index (χ2n) is 8.42. The van der Waals surface area contributed by atoms with E-state index in [1.54, 1.807) is 26.0 Å². The molecule has 0 saturated carbocycles. The van der Waals surface area contributed by atoms with E-state index in [-0.39, 0.29) is 18.3 Å². The van der Waals surface area contributed by atoms with Gasteiger partial charge in [0.25, 0.3) is 0 Å². The van der Waals surface area contributed by atoms with Crippen molar-refractivity contribution in [1.29, 1.82) is 0 Å². The molecule has 0 N–H and O–H groups in total. The predicted octanol–water partition coefficient (Wildman–Crippen LogP) is 5.82. The normalized spacial score (nSPS) is 12.1. The van der Waals surface area contributed by atoms with Gasteiger partial charge in [-0.25, -0.2) is 0 Å². The summed E-state index contributed by atoms with van der Waals surface area (Å²) in [5, 5.41) is 9.46. The van der Waals surface area contributed by atoms with Crippen LogP contribution in [0.2, 0.25) is 0 Å². The van der Waals surface area contributed by atoms with Crippen molar-refractivity contribution in [2.24, 2.45) is 0 Å². The Hall–Kier alpha value is -3.47. The minimum absolute atomic E-state index is 0.0178. The topological polar surface area (TPSA) is 78.7 Å². The lowest BCUT2D eigenvalue weighted by Crippen LogP contribution is -2.30. The van der Waals surface area contributed by atoms with Crippen LogP contribution in [0, 0.1) is 0 Å². The van der Waals surface area contributed by atoms with Gasteiger partial charge in [-0.2, -0.15) is 0 Å². The van der Waals surface area contributed by atoms with Crippen molar-refractivity contribution in [2.75, 3.05) is 31.5 Å². The summed E-state index contributed by atoms with van der Waals surface area (Å²) in [5.74, 6) is 2.28. The Labute approximate surface area is 230 Å². The molecule has 196 valence electrons. The molecule has 5 rings (SSSR count). The summed E-state index contributed by atoms with van der Waals surface area (Å²) >= 11 is 3.06. The van der Waals surface area contributed by atoms with E-state index >= 15 is 0 Å². The van der Waals surface area contributed by atoms with Crippen LogP contribution < -0.4 is 14.4 Å². The van der Waals surface area contributed by atoms with E-state index in [0.29, 0.717) is 29.9 Å². The summed E-state index contributed by atoms with van der Waals surface area (Å²) < 4.78 is 18.5. The number of aromatic nitrogens is 3. The zero-order valence-electron chi connectivity index (χ0n) is 21.2. The number of carbonyl (C=O) groups is 1. The molecule has 1 aliphatic heterocycles. The number of carbonyl (C=O) groups excluding carboxylic acids is 1. The maximum atomic E-state index is 13.6. The highest BCUT2D eigenvalue weighted by Crippen LogP contribution is 2.48. The number of ether oxygens (including phenoxy) is 3. The number of amides is 1. The first-order chi connectivity index (χ1) is 18.7. The first-order valence-corrected chi connectivity index (χ1v) is 14.0. The number of nitrogens with zero attached hydrogens (tertiary/aromatic N) is 4. The molecule has 0 spiro atoms. The van der Waals surface area contributed by atoms with Crippen molar-refractivity contribution in [3.63, 3.8) is 0 Å². The fraction of sp³-hybridized carbons (Fsp3) is 0.250. The van der Waals surface area contributed by atoms with E-state index in [9.17, 15) is 4.79 Å². The summed E-state index contributed by atoms with van der Waals surface area (Å²) in [6.07, 6.45) is 0.784. The highest BCUT2D eigenvalue weighted by molar-refractivity contribution is 8.00. The number of benzene rings is 3. The molecule has 4 aromatic rings. The number of anilines is 2. The van der Waals surface area contributed by atoms with E-state index in [4.69, 9.17) is 14.2 Å². The molecule has 38 heavy (non-hydrogen) atoms. The number of thioether (sulfide) groups is 1. The smallest absolute Gasteiger partial charge is 0.242 e. The number of fused-ring (bicyclic) bond motifs is 2. The molecule has 0 fully saturated rings. The summed E-state index contributed by atoms with van der Waals surface area (Å²) in [4.78, 5) is 17.6. The Morgan fingerprint density at radius 1 is 0.921 bits per heavy atom. The van der Waals surface area contributed by atoms with Crippen LogP contribution in [0.4, 0.5) is 11.4 Å². The Balaban J connectivity index is 1.33. The van der Waals surface area contributed by atoms with Crippen molar-refractivity contribution in [3.8, 4) is 11.5 Å². The van der Waals surface area contributed by atoms with Gasteiger partial charge in [0.05, 0.1) is 24.2 Å². The lowest BCUT2D eigenvalue weighted by molar-refractivity contribution is -0.115. The quantitative estimate of drug-likeness (QED) is 0.171. The lowest BCUT2D eigenvalue weighted by atomic mass is 10.2. The van der Waals surface area contributed by atoms with Gasteiger partial charge in [-0.1, -0.05) is 53.9 Å². The Bertz CT molecular complexity index is 1370. The standard InChI is InChI=1S/C28H28N4O4S2/c1-34-16-8-15-31-26(18-36-21-10-7-9-20(17-21)35-2)29-30-28(31)37-19-27(33)32-22-11-3-5-13-24(22)38-25-14-6-4-12-23(25)32/h3-7,9-14,17H,8,15-16,18-19H2,1-2H3. The van der Waals surface area contributed by atoms with Gasteiger partial charge in [-0.3, -0.25) is 9.69 Å². The van der Waals surface area contributed by atoms with Crippen molar-refractivity contribution in [1.82, 2.24) is 14.8 Å². The molecular formula is C28H28N4O4S2. The predicted molar refractivity (Wildman–Crippen MR) is 149 cm³/mol. The third kappa shape index (κ3) is 5.82. The molecule has 0 bridgehead atoms. The van der Waals surface area contributed by atoms with E-state index in [1.807, 2.05) is 82.3 Å². The fourth-order valence-corrected chi connectivity index (χ4v) is 6.02. The molecule has 1 aromatic heterocycles. The first kappa shape index (κ1) is 26.1. The highest BCUT2D eigenvalue weighted by atomic mass is 32.2. The zero-order chi connectivity index (χ0) is 26.3. The second kappa shape index (κ2) is 12.4. The van der Waals surface area contributed by atoms with Gasteiger partial charge in [0, 0.05) is 36.1 Å². The van der Waals surface area contributed by atoms with E-state index in [2.05, 4.69) is 10.2 Å². The third-order valence-electron chi connectivity index (χ3n) is 5.94. The number of hydrogen-bond acceptors (Lipinski definition) is 8. The minimum atomic E-state index is -0.0178. The average Bonchev–Trinajstić information content (AvgIpc) is 3.35. The third-order valence-corrected chi connectivity index (χ3v) is 8.02. The lowest BCUT2D eigenvalue weighted by Gasteiger charge is -2.30.